The smallest absolute Gasteiger partial charge is 0.0263 e. The van der Waals surface area contributed by atoms with Gasteiger partial charge in [0.1, 0.15) is 0 Å². The summed E-state index contributed by atoms with van der Waals surface area (Å²) in [6.07, 6.45) is 12.0. The van der Waals surface area contributed by atoms with E-state index in [1.165, 1.54) is 27.8 Å². The summed E-state index contributed by atoms with van der Waals surface area (Å²) in [5, 5.41) is 0. The molecule has 2 atom stereocenters. The highest BCUT2D eigenvalue weighted by Gasteiger charge is 2.12. The Morgan fingerprint density at radius 1 is 1.03 bits per heavy atom. The van der Waals surface area contributed by atoms with Gasteiger partial charge in [0.15, 0.2) is 0 Å². The molecule has 160 valence electrons. The fraction of sp³-hybridized carbons (Fsp3) is 0.333. The van der Waals surface area contributed by atoms with Gasteiger partial charge >= 0.3 is 0 Å². The van der Waals surface area contributed by atoms with Crippen molar-refractivity contribution in [3.8, 4) is 0 Å². The van der Waals surface area contributed by atoms with Gasteiger partial charge in [0, 0.05) is 5.92 Å². The van der Waals surface area contributed by atoms with E-state index in [-0.39, 0.29) is 5.92 Å². The lowest BCUT2D eigenvalue weighted by atomic mass is 9.88. The maximum atomic E-state index is 4.36. The first-order chi connectivity index (χ1) is 14.5. The molecule has 2 aromatic carbocycles. The number of rotatable bonds is 8. The first kappa shape index (κ1) is 25.4. The molecule has 0 heteroatoms. The Balaban J connectivity index is 0.00000218. The minimum atomic E-state index is 0.206. The first-order valence-corrected chi connectivity index (χ1v) is 11.3. The van der Waals surface area contributed by atoms with E-state index >= 15 is 0 Å². The fourth-order valence-corrected chi connectivity index (χ4v) is 3.46. The molecule has 0 amide bonds. The number of hydrogen-bond donors (Lipinski definition) is 0. The molecule has 2 aromatic rings. The number of aryl methyl sites for hydroxylation is 1. The van der Waals surface area contributed by atoms with Gasteiger partial charge in [0.25, 0.3) is 0 Å². The van der Waals surface area contributed by atoms with E-state index in [4.69, 9.17) is 0 Å². The van der Waals surface area contributed by atoms with Gasteiger partial charge in [0.2, 0.25) is 0 Å². The van der Waals surface area contributed by atoms with Crippen molar-refractivity contribution in [1.29, 1.82) is 0 Å². The van der Waals surface area contributed by atoms with Crippen LogP contribution in [-0.4, -0.2) is 0 Å². The van der Waals surface area contributed by atoms with E-state index in [1.807, 2.05) is 13.8 Å². The molecule has 0 N–H and O–H groups in total. The molecule has 0 saturated carbocycles. The van der Waals surface area contributed by atoms with E-state index in [2.05, 4.69) is 120 Å². The Morgan fingerprint density at radius 2 is 1.70 bits per heavy atom. The van der Waals surface area contributed by atoms with Gasteiger partial charge in [-0.1, -0.05) is 113 Å². The molecule has 2 unspecified atom stereocenters. The van der Waals surface area contributed by atoms with Gasteiger partial charge in [-0.15, -0.1) is 0 Å². The second-order valence-electron chi connectivity index (χ2n) is 7.58. The largest absolute Gasteiger partial charge is 0.0949 e. The van der Waals surface area contributed by atoms with Crippen molar-refractivity contribution in [1.82, 2.24) is 0 Å². The van der Waals surface area contributed by atoms with Crippen LogP contribution in [0.25, 0.3) is 5.57 Å². The molecule has 0 aliphatic heterocycles. The lowest BCUT2D eigenvalue weighted by molar-refractivity contribution is 0.731. The number of benzene rings is 2. The predicted molar refractivity (Wildman–Crippen MR) is 137 cm³/mol. The van der Waals surface area contributed by atoms with Crippen LogP contribution < -0.4 is 0 Å². The third-order valence-corrected chi connectivity index (χ3v) is 5.46. The summed E-state index contributed by atoms with van der Waals surface area (Å²) in [5.41, 5.74) is 7.68. The van der Waals surface area contributed by atoms with Gasteiger partial charge in [-0.3, -0.25) is 0 Å². The molecule has 0 heterocycles. The quantitative estimate of drug-likeness (QED) is 0.306. The van der Waals surface area contributed by atoms with Crippen LogP contribution in [0, 0.1) is 6.92 Å². The molecule has 0 radical (unpaired) electrons. The van der Waals surface area contributed by atoms with Crippen molar-refractivity contribution in [3.05, 3.63) is 113 Å². The number of hydrogen-bond acceptors (Lipinski definition) is 0. The zero-order valence-electron chi connectivity index (χ0n) is 20.1. The monoisotopic (exact) mass is 400 g/mol. The molecule has 0 bridgehead atoms. The van der Waals surface area contributed by atoms with Crippen molar-refractivity contribution >= 4 is 5.57 Å². The highest BCUT2D eigenvalue weighted by molar-refractivity contribution is 5.67. The average molecular weight is 401 g/mol. The van der Waals surface area contributed by atoms with Crippen LogP contribution >= 0.6 is 0 Å². The Hall–Kier alpha value is -2.60. The van der Waals surface area contributed by atoms with Crippen LogP contribution in [0.5, 0.6) is 0 Å². The fourth-order valence-electron chi connectivity index (χ4n) is 3.46. The summed E-state index contributed by atoms with van der Waals surface area (Å²) < 4.78 is 0. The van der Waals surface area contributed by atoms with Crippen LogP contribution in [-0.2, 0) is 0 Å². The van der Waals surface area contributed by atoms with Crippen molar-refractivity contribution in [2.75, 3.05) is 0 Å². The SMILES string of the molecule is C=C(/C=C/C=C(\C)c1ccccc1C)C(/C=C/C)c1cccc(C(C)CC)c1.CC. The standard InChI is InChI=1S/C28H34.C2H6/c1-7-13-28(26-18-12-17-25(20-26)21(3)8-2)24(6)16-11-15-23(5)27-19-10-9-14-22(27)4;1-2/h7,9-21,28H,6,8H2,1-5H3;1-2H3/b13-7+,16-11+,23-15+;. The second-order valence-corrected chi connectivity index (χ2v) is 7.58. The van der Waals surface area contributed by atoms with E-state index in [9.17, 15) is 0 Å². The van der Waals surface area contributed by atoms with Gasteiger partial charge in [0.05, 0.1) is 0 Å². The number of allylic oxidation sites excluding steroid dienone is 7. The van der Waals surface area contributed by atoms with Crippen molar-refractivity contribution in [2.45, 2.75) is 66.7 Å². The van der Waals surface area contributed by atoms with E-state index < -0.39 is 0 Å². The van der Waals surface area contributed by atoms with E-state index in [0.717, 1.165) is 12.0 Å². The summed E-state index contributed by atoms with van der Waals surface area (Å²) in [5.74, 6) is 0.784. The van der Waals surface area contributed by atoms with Crippen LogP contribution in [0.4, 0.5) is 0 Å². The third-order valence-electron chi connectivity index (χ3n) is 5.46. The summed E-state index contributed by atoms with van der Waals surface area (Å²) in [4.78, 5) is 0. The Bertz CT molecular complexity index is 876. The van der Waals surface area contributed by atoms with Gasteiger partial charge < -0.3 is 0 Å². The minimum absolute atomic E-state index is 0.206. The van der Waals surface area contributed by atoms with Crippen LogP contribution in [0.3, 0.4) is 0 Å². The summed E-state index contributed by atoms with van der Waals surface area (Å²) in [6, 6.07) is 17.5. The molecular weight excluding hydrogens is 360 g/mol. The lowest BCUT2D eigenvalue weighted by Crippen LogP contribution is -2.00. The summed E-state index contributed by atoms with van der Waals surface area (Å²) in [6.45, 7) is 19.3. The normalized spacial score (nSPS) is 13.8. The lowest BCUT2D eigenvalue weighted by Gasteiger charge is -2.17. The van der Waals surface area contributed by atoms with Crippen LogP contribution in [0.15, 0.2) is 91.1 Å². The highest BCUT2D eigenvalue weighted by Crippen LogP contribution is 2.29. The van der Waals surface area contributed by atoms with Crippen LogP contribution in [0.1, 0.15) is 82.1 Å². The van der Waals surface area contributed by atoms with E-state index in [0.29, 0.717) is 5.92 Å². The van der Waals surface area contributed by atoms with Gasteiger partial charge in [-0.05, 0) is 66.5 Å². The molecule has 2 rings (SSSR count). The Labute approximate surface area is 185 Å². The maximum Gasteiger partial charge on any atom is 0.0263 e. The molecule has 30 heavy (non-hydrogen) atoms. The molecule has 0 nitrogen and oxygen atoms in total. The first-order valence-electron chi connectivity index (χ1n) is 11.3. The topological polar surface area (TPSA) is 0 Å². The Morgan fingerprint density at radius 3 is 2.33 bits per heavy atom. The molecular formula is C30H40. The summed E-state index contributed by atoms with van der Waals surface area (Å²) in [7, 11) is 0. The maximum absolute atomic E-state index is 4.36. The van der Waals surface area contributed by atoms with Gasteiger partial charge in [-0.25, -0.2) is 0 Å². The van der Waals surface area contributed by atoms with Crippen LogP contribution in [0.2, 0.25) is 0 Å². The molecule has 0 aliphatic carbocycles. The van der Waals surface area contributed by atoms with E-state index in [1.54, 1.807) is 0 Å². The molecule has 0 aliphatic rings. The molecule has 0 spiro atoms. The molecule has 0 aromatic heterocycles. The predicted octanol–water partition coefficient (Wildman–Crippen LogP) is 9.41. The summed E-state index contributed by atoms with van der Waals surface area (Å²) >= 11 is 0. The molecule has 0 fully saturated rings. The van der Waals surface area contributed by atoms with Crippen molar-refractivity contribution in [3.63, 3.8) is 0 Å². The minimum Gasteiger partial charge on any atom is -0.0949 e. The second kappa shape index (κ2) is 13.6. The van der Waals surface area contributed by atoms with Crippen molar-refractivity contribution in [2.24, 2.45) is 0 Å². The van der Waals surface area contributed by atoms with Gasteiger partial charge in [-0.2, -0.15) is 0 Å². The highest BCUT2D eigenvalue weighted by atomic mass is 14.2. The molecule has 0 saturated heterocycles. The Kier molecular flexibility index (Phi) is 11.5. The zero-order chi connectivity index (χ0) is 22.5. The van der Waals surface area contributed by atoms with Crippen molar-refractivity contribution < 1.29 is 0 Å². The average Bonchev–Trinajstić information content (AvgIpc) is 2.78. The zero-order valence-corrected chi connectivity index (χ0v) is 20.1. The third kappa shape index (κ3) is 7.34.